The Morgan fingerprint density at radius 3 is 2.15 bits per heavy atom. The Balaban J connectivity index is 1.49. The van der Waals surface area contributed by atoms with Crippen LogP contribution in [0.4, 0.5) is 11.4 Å². The lowest BCUT2D eigenvalue weighted by atomic mass is 9.66. The molecule has 10 heteroatoms. The first-order valence-corrected chi connectivity index (χ1v) is 14.2. The molecule has 0 aromatic heterocycles. The van der Waals surface area contributed by atoms with Crippen LogP contribution in [-0.4, -0.2) is 71.3 Å². The number of amides is 3. The molecule has 3 saturated heterocycles. The molecule has 2 bridgehead atoms. The number of methoxy groups -OCH3 is 1. The fourth-order valence-corrected chi connectivity index (χ4v) is 6.95. The van der Waals surface area contributed by atoms with Gasteiger partial charge in [-0.05, 0) is 81.1 Å². The van der Waals surface area contributed by atoms with Gasteiger partial charge in [0.25, 0.3) is 0 Å². The van der Waals surface area contributed by atoms with Crippen molar-refractivity contribution in [3.63, 3.8) is 0 Å². The van der Waals surface area contributed by atoms with Gasteiger partial charge in [0.15, 0.2) is 0 Å². The van der Waals surface area contributed by atoms with Crippen LogP contribution in [0.2, 0.25) is 0 Å². The number of nitrogens with zero attached hydrogens (tertiary/aromatic N) is 1. The molecule has 2 unspecified atom stereocenters. The number of carbonyl (C=O) groups excluding carboxylic acids is 3. The summed E-state index contributed by atoms with van der Waals surface area (Å²) in [6, 6.07) is 12.3. The summed E-state index contributed by atoms with van der Waals surface area (Å²) in [4.78, 5) is 43.7. The smallest absolute Gasteiger partial charge is 0.250 e. The van der Waals surface area contributed by atoms with Gasteiger partial charge in [0.05, 0.1) is 43.8 Å². The van der Waals surface area contributed by atoms with Crippen LogP contribution in [0.5, 0.6) is 11.5 Å². The number of hydrogen-bond donors (Lipinski definition) is 3. The lowest BCUT2D eigenvalue weighted by Crippen LogP contribution is -2.57. The van der Waals surface area contributed by atoms with Crippen molar-refractivity contribution in [3.05, 3.63) is 48.5 Å². The van der Waals surface area contributed by atoms with E-state index in [4.69, 9.17) is 14.2 Å². The molecule has 3 aliphatic heterocycles. The summed E-state index contributed by atoms with van der Waals surface area (Å²) in [5, 5.41) is 16.3. The average Bonchev–Trinajstić information content (AvgIpc) is 3.51. The van der Waals surface area contributed by atoms with Crippen LogP contribution in [-0.2, 0) is 19.1 Å². The normalized spacial score (nSPS) is 28.9. The average molecular weight is 566 g/mol. The molecule has 3 amide bonds. The Hall–Kier alpha value is -3.63. The van der Waals surface area contributed by atoms with Crippen molar-refractivity contribution < 1.29 is 33.7 Å². The maximum atomic E-state index is 14.3. The van der Waals surface area contributed by atoms with E-state index in [-0.39, 0.29) is 24.3 Å². The van der Waals surface area contributed by atoms with Crippen LogP contribution in [0.1, 0.15) is 40.5 Å². The van der Waals surface area contributed by atoms with Crippen LogP contribution in [0.25, 0.3) is 0 Å². The molecular weight excluding hydrogens is 526 g/mol. The largest absolute Gasteiger partial charge is 0.497 e. The summed E-state index contributed by atoms with van der Waals surface area (Å²) in [5.41, 5.74) is -1.01. The highest BCUT2D eigenvalue weighted by Crippen LogP contribution is 2.63. The van der Waals surface area contributed by atoms with Gasteiger partial charge in [-0.15, -0.1) is 0 Å². The highest BCUT2D eigenvalue weighted by Gasteiger charge is 2.78. The van der Waals surface area contributed by atoms with Crippen molar-refractivity contribution in [2.24, 2.45) is 17.8 Å². The van der Waals surface area contributed by atoms with Gasteiger partial charge in [-0.1, -0.05) is 13.8 Å². The predicted molar refractivity (Wildman–Crippen MR) is 153 cm³/mol. The highest BCUT2D eigenvalue weighted by molar-refractivity contribution is 6.05. The van der Waals surface area contributed by atoms with Crippen molar-refractivity contribution >= 4 is 29.1 Å². The van der Waals surface area contributed by atoms with Crippen molar-refractivity contribution in [1.82, 2.24) is 4.90 Å². The lowest BCUT2D eigenvalue weighted by Gasteiger charge is -2.38. The zero-order valence-electron chi connectivity index (χ0n) is 24.2. The fourth-order valence-electron chi connectivity index (χ4n) is 6.95. The third-order valence-electron chi connectivity index (χ3n) is 8.85. The third kappa shape index (κ3) is 4.82. The van der Waals surface area contributed by atoms with Gasteiger partial charge in [0.2, 0.25) is 17.7 Å². The van der Waals surface area contributed by atoms with E-state index < -0.39 is 41.0 Å². The fraction of sp³-hybridized carbons (Fsp3) is 0.516. The zero-order valence-corrected chi connectivity index (χ0v) is 24.2. The standard InChI is InChI=1S/C31H39N3O7/c1-6-40-22-13-9-19(10-14-22)32-27(36)24-25-29(38)34(23(17-35)18(2)3)26(31(25)16-15-30(24,4)41-31)28(37)33-20-7-11-21(39-5)12-8-20/h7-14,18,23-26,35H,6,15-17H2,1-5H3,(H,32,36)(H,33,37)/t23-,24+,25-,26?,30-,31?/m0/s1. The van der Waals surface area contributed by atoms with Crippen molar-refractivity contribution in [1.29, 1.82) is 0 Å². The lowest BCUT2D eigenvalue weighted by molar-refractivity contribution is -0.148. The minimum atomic E-state index is -1.20. The highest BCUT2D eigenvalue weighted by atomic mass is 16.5. The van der Waals surface area contributed by atoms with E-state index in [1.807, 2.05) is 27.7 Å². The van der Waals surface area contributed by atoms with Crippen LogP contribution < -0.4 is 20.1 Å². The molecule has 0 saturated carbocycles. The first-order valence-electron chi connectivity index (χ1n) is 14.2. The summed E-state index contributed by atoms with van der Waals surface area (Å²) in [6.07, 6.45) is 0.962. The van der Waals surface area contributed by atoms with Gasteiger partial charge in [-0.3, -0.25) is 14.4 Å². The zero-order chi connectivity index (χ0) is 29.5. The number of aliphatic hydroxyl groups excluding tert-OH is 1. The summed E-state index contributed by atoms with van der Waals surface area (Å²) < 4.78 is 17.4. The number of carbonyl (C=O) groups is 3. The maximum absolute atomic E-state index is 14.3. The van der Waals surface area contributed by atoms with E-state index in [2.05, 4.69) is 10.6 Å². The third-order valence-corrected chi connectivity index (χ3v) is 8.85. The Morgan fingerprint density at radius 1 is 1.02 bits per heavy atom. The number of benzene rings is 2. The molecule has 41 heavy (non-hydrogen) atoms. The Kier molecular flexibility index (Phi) is 7.74. The van der Waals surface area contributed by atoms with Crippen molar-refractivity contribution in [2.75, 3.05) is 31.0 Å². The maximum Gasteiger partial charge on any atom is 0.250 e. The first-order chi connectivity index (χ1) is 19.6. The molecule has 2 aromatic carbocycles. The van der Waals surface area contributed by atoms with E-state index in [1.54, 1.807) is 55.6 Å². The molecule has 3 N–H and O–H groups in total. The number of likely N-dealkylation sites (tertiary alicyclic amines) is 1. The molecule has 0 radical (unpaired) electrons. The number of rotatable bonds is 10. The van der Waals surface area contributed by atoms with Gasteiger partial charge < -0.3 is 34.9 Å². The molecule has 6 atom stereocenters. The molecule has 0 aliphatic carbocycles. The molecule has 220 valence electrons. The number of fused-ring (bicyclic) bond motifs is 1. The second kappa shape index (κ2) is 11.0. The van der Waals surface area contributed by atoms with E-state index >= 15 is 0 Å². The predicted octanol–water partition coefficient (Wildman–Crippen LogP) is 3.45. The van der Waals surface area contributed by atoms with Gasteiger partial charge >= 0.3 is 0 Å². The topological polar surface area (TPSA) is 126 Å². The van der Waals surface area contributed by atoms with Crippen LogP contribution in [0.15, 0.2) is 48.5 Å². The van der Waals surface area contributed by atoms with Gasteiger partial charge in [0, 0.05) is 11.4 Å². The first kappa shape index (κ1) is 28.9. The SMILES string of the molecule is CCOc1ccc(NC(=O)[C@H]2[C@H]3C(=O)N([C@@H](CO)C(C)C)C(C(=O)Nc4ccc(OC)cc4)C34CC[C@]2(C)O4)cc1. The molecule has 3 fully saturated rings. The van der Waals surface area contributed by atoms with Gasteiger partial charge in [0.1, 0.15) is 23.1 Å². The van der Waals surface area contributed by atoms with Gasteiger partial charge in [-0.2, -0.15) is 0 Å². The molecule has 3 heterocycles. The molecule has 1 spiro atoms. The Bertz CT molecular complexity index is 1300. The monoisotopic (exact) mass is 565 g/mol. The van der Waals surface area contributed by atoms with Crippen LogP contribution in [0, 0.1) is 17.8 Å². The molecule has 5 rings (SSSR count). The quantitative estimate of drug-likeness (QED) is 0.403. The number of aliphatic hydroxyl groups is 1. The summed E-state index contributed by atoms with van der Waals surface area (Å²) >= 11 is 0. The Labute approximate surface area is 240 Å². The number of ether oxygens (including phenoxy) is 3. The van der Waals surface area contributed by atoms with E-state index in [0.29, 0.717) is 42.3 Å². The molecule has 3 aliphatic rings. The molecule has 10 nitrogen and oxygen atoms in total. The van der Waals surface area contributed by atoms with E-state index in [1.165, 1.54) is 4.90 Å². The van der Waals surface area contributed by atoms with Crippen molar-refractivity contribution in [2.45, 2.75) is 63.8 Å². The van der Waals surface area contributed by atoms with Gasteiger partial charge in [-0.25, -0.2) is 0 Å². The molecular formula is C31H39N3O7. The van der Waals surface area contributed by atoms with E-state index in [9.17, 15) is 19.5 Å². The summed E-state index contributed by atoms with van der Waals surface area (Å²) in [7, 11) is 1.56. The Morgan fingerprint density at radius 2 is 1.61 bits per heavy atom. The summed E-state index contributed by atoms with van der Waals surface area (Å²) in [5.74, 6) is -1.59. The van der Waals surface area contributed by atoms with Crippen molar-refractivity contribution in [3.8, 4) is 11.5 Å². The minimum absolute atomic E-state index is 0.139. The minimum Gasteiger partial charge on any atom is -0.497 e. The number of hydrogen-bond acceptors (Lipinski definition) is 7. The van der Waals surface area contributed by atoms with E-state index in [0.717, 1.165) is 0 Å². The number of nitrogens with one attached hydrogen (secondary N) is 2. The summed E-state index contributed by atoms with van der Waals surface area (Å²) in [6.45, 7) is 7.75. The van der Waals surface area contributed by atoms with Crippen LogP contribution in [0.3, 0.4) is 0 Å². The second-order valence-electron chi connectivity index (χ2n) is 11.6. The molecule has 2 aromatic rings. The van der Waals surface area contributed by atoms with Crippen LogP contribution >= 0.6 is 0 Å². The second-order valence-corrected chi connectivity index (χ2v) is 11.6. The number of anilines is 2.